The molecule has 19 heavy (non-hydrogen) atoms. The molecule has 0 radical (unpaired) electrons. The fraction of sp³-hybridized carbons (Fsp3) is 0.600. The fourth-order valence-electron chi connectivity index (χ4n) is 2.23. The highest BCUT2D eigenvalue weighted by atomic mass is 16.1. The smallest absolute Gasteiger partial charge is 0.253 e. The number of anilines is 1. The van der Waals surface area contributed by atoms with Gasteiger partial charge in [-0.15, -0.1) is 0 Å². The molecule has 104 valence electrons. The van der Waals surface area contributed by atoms with Crippen molar-refractivity contribution in [3.8, 4) is 0 Å². The molecule has 1 atom stereocenters. The minimum atomic E-state index is -0.0195. The van der Waals surface area contributed by atoms with Gasteiger partial charge in [-0.1, -0.05) is 13.3 Å². The molecule has 0 bridgehead atoms. The summed E-state index contributed by atoms with van der Waals surface area (Å²) in [6.07, 6.45) is 6.47. The molecular formula is C15H23N3O. The van der Waals surface area contributed by atoms with Crippen LogP contribution >= 0.6 is 0 Å². The van der Waals surface area contributed by atoms with Crippen molar-refractivity contribution >= 4 is 11.7 Å². The van der Waals surface area contributed by atoms with Crippen molar-refractivity contribution in [1.82, 2.24) is 10.3 Å². The van der Waals surface area contributed by atoms with Gasteiger partial charge >= 0.3 is 0 Å². The summed E-state index contributed by atoms with van der Waals surface area (Å²) in [5.74, 6) is 1.46. The molecule has 1 aromatic heterocycles. The first-order chi connectivity index (χ1) is 9.20. The second-order valence-electron chi connectivity index (χ2n) is 5.31. The molecule has 1 saturated carbocycles. The zero-order valence-corrected chi connectivity index (χ0v) is 11.8. The van der Waals surface area contributed by atoms with Crippen molar-refractivity contribution in [2.75, 3.05) is 11.9 Å². The van der Waals surface area contributed by atoms with Crippen LogP contribution in [0.25, 0.3) is 0 Å². The Bertz CT molecular complexity index is 412. The Kier molecular flexibility index (Phi) is 4.77. The summed E-state index contributed by atoms with van der Waals surface area (Å²) in [7, 11) is 0. The topological polar surface area (TPSA) is 54.0 Å². The number of carbonyl (C=O) groups is 1. The van der Waals surface area contributed by atoms with E-state index in [4.69, 9.17) is 0 Å². The van der Waals surface area contributed by atoms with Gasteiger partial charge in [-0.25, -0.2) is 4.98 Å². The number of hydrogen-bond donors (Lipinski definition) is 2. The van der Waals surface area contributed by atoms with E-state index in [9.17, 15) is 4.79 Å². The average Bonchev–Trinajstić information content (AvgIpc) is 2.34. The third-order valence-corrected chi connectivity index (χ3v) is 3.80. The van der Waals surface area contributed by atoms with Crippen LogP contribution in [0.4, 0.5) is 5.82 Å². The monoisotopic (exact) mass is 261 g/mol. The van der Waals surface area contributed by atoms with Crippen LogP contribution in [0.5, 0.6) is 0 Å². The lowest BCUT2D eigenvalue weighted by Crippen LogP contribution is -2.40. The number of nitrogens with one attached hydrogen (secondary N) is 2. The molecule has 4 nitrogen and oxygen atoms in total. The quantitative estimate of drug-likeness (QED) is 0.828. The highest BCUT2D eigenvalue weighted by Crippen LogP contribution is 2.29. The number of rotatable bonds is 6. The lowest BCUT2D eigenvalue weighted by Gasteiger charge is -2.31. The normalized spacial score (nSPS) is 16.5. The van der Waals surface area contributed by atoms with Gasteiger partial charge in [0.05, 0.1) is 5.56 Å². The van der Waals surface area contributed by atoms with Gasteiger partial charge in [0.2, 0.25) is 0 Å². The molecule has 1 fully saturated rings. The van der Waals surface area contributed by atoms with E-state index in [1.54, 1.807) is 6.20 Å². The Labute approximate surface area is 115 Å². The number of hydrogen-bond acceptors (Lipinski definition) is 3. The number of amides is 1. The van der Waals surface area contributed by atoms with Crippen LogP contribution in [0.2, 0.25) is 0 Å². The molecular weight excluding hydrogens is 238 g/mol. The Morgan fingerprint density at radius 3 is 2.79 bits per heavy atom. The zero-order valence-electron chi connectivity index (χ0n) is 11.8. The molecule has 0 aromatic carbocycles. The molecule has 0 aliphatic heterocycles. The van der Waals surface area contributed by atoms with Crippen molar-refractivity contribution in [3.05, 3.63) is 23.9 Å². The lowest BCUT2D eigenvalue weighted by molar-refractivity contribution is 0.0909. The third kappa shape index (κ3) is 3.69. The maximum atomic E-state index is 12.1. The van der Waals surface area contributed by atoms with Gasteiger partial charge in [-0.3, -0.25) is 4.79 Å². The Morgan fingerprint density at radius 2 is 2.26 bits per heavy atom. The highest BCUT2D eigenvalue weighted by Gasteiger charge is 2.25. The summed E-state index contributed by atoms with van der Waals surface area (Å²) in [6, 6.07) is 3.95. The molecule has 0 saturated heterocycles. The molecule has 1 aliphatic rings. The van der Waals surface area contributed by atoms with Gasteiger partial charge in [-0.2, -0.15) is 0 Å². The molecule has 2 rings (SSSR count). The summed E-state index contributed by atoms with van der Waals surface area (Å²) in [6.45, 7) is 5.10. The van der Waals surface area contributed by atoms with Gasteiger partial charge in [0.15, 0.2) is 0 Å². The summed E-state index contributed by atoms with van der Waals surface area (Å²) < 4.78 is 0. The van der Waals surface area contributed by atoms with Crippen LogP contribution in [0.3, 0.4) is 0 Å². The number of pyridine rings is 1. The molecule has 1 aliphatic carbocycles. The summed E-state index contributed by atoms with van der Waals surface area (Å²) >= 11 is 0. The van der Waals surface area contributed by atoms with Crippen LogP contribution in [0, 0.1) is 5.92 Å². The van der Waals surface area contributed by atoms with Crippen molar-refractivity contribution in [1.29, 1.82) is 0 Å². The fourth-order valence-corrected chi connectivity index (χ4v) is 2.23. The predicted molar refractivity (Wildman–Crippen MR) is 77.3 cm³/mol. The first kappa shape index (κ1) is 13.8. The van der Waals surface area contributed by atoms with Crippen LogP contribution in [-0.2, 0) is 0 Å². The van der Waals surface area contributed by atoms with Crippen molar-refractivity contribution in [2.45, 2.75) is 45.6 Å². The minimum Gasteiger partial charge on any atom is -0.370 e. The molecule has 0 spiro atoms. The van der Waals surface area contributed by atoms with E-state index < -0.39 is 0 Å². The summed E-state index contributed by atoms with van der Waals surface area (Å²) in [5.41, 5.74) is 0.633. The predicted octanol–water partition coefficient (Wildman–Crippen LogP) is 2.82. The van der Waals surface area contributed by atoms with Crippen LogP contribution in [0.15, 0.2) is 18.3 Å². The first-order valence-corrected chi connectivity index (χ1v) is 7.21. The van der Waals surface area contributed by atoms with Crippen LogP contribution < -0.4 is 10.6 Å². The molecule has 2 N–H and O–H groups in total. The van der Waals surface area contributed by atoms with E-state index in [0.29, 0.717) is 11.5 Å². The van der Waals surface area contributed by atoms with Crippen LogP contribution in [-0.4, -0.2) is 23.5 Å². The van der Waals surface area contributed by atoms with Gasteiger partial charge in [0.25, 0.3) is 5.91 Å². The molecule has 1 unspecified atom stereocenters. The largest absolute Gasteiger partial charge is 0.370 e. The number of nitrogens with zero attached hydrogens (tertiary/aromatic N) is 1. The average molecular weight is 261 g/mol. The number of aromatic nitrogens is 1. The van der Waals surface area contributed by atoms with Gasteiger partial charge in [0.1, 0.15) is 5.82 Å². The SMILES string of the molecule is CCCNc1ccc(C(=O)NC(C)C2CCC2)cn1. The van der Waals surface area contributed by atoms with E-state index in [1.165, 1.54) is 19.3 Å². The maximum Gasteiger partial charge on any atom is 0.253 e. The van der Waals surface area contributed by atoms with Crippen molar-refractivity contribution in [2.24, 2.45) is 5.92 Å². The van der Waals surface area contributed by atoms with Gasteiger partial charge < -0.3 is 10.6 Å². The maximum absolute atomic E-state index is 12.1. The van der Waals surface area contributed by atoms with Gasteiger partial charge in [-0.05, 0) is 44.2 Å². The third-order valence-electron chi connectivity index (χ3n) is 3.80. The second-order valence-corrected chi connectivity index (χ2v) is 5.31. The van der Waals surface area contributed by atoms with Crippen molar-refractivity contribution < 1.29 is 4.79 Å². The zero-order chi connectivity index (χ0) is 13.7. The van der Waals surface area contributed by atoms with Gasteiger partial charge in [0, 0.05) is 18.8 Å². The standard InChI is InChI=1S/C15H23N3O/c1-3-9-16-14-8-7-13(10-17-14)15(19)18-11(2)12-5-4-6-12/h7-8,10-12H,3-6,9H2,1-2H3,(H,16,17)(H,18,19). The Balaban J connectivity index is 1.87. The molecule has 1 aromatic rings. The van der Waals surface area contributed by atoms with E-state index >= 15 is 0 Å². The van der Waals surface area contributed by atoms with Crippen LogP contribution in [0.1, 0.15) is 49.9 Å². The second kappa shape index (κ2) is 6.55. The van der Waals surface area contributed by atoms with E-state index in [2.05, 4.69) is 29.5 Å². The minimum absolute atomic E-state index is 0.0195. The van der Waals surface area contributed by atoms with E-state index in [1.807, 2.05) is 12.1 Å². The lowest BCUT2D eigenvalue weighted by atomic mass is 9.80. The summed E-state index contributed by atoms with van der Waals surface area (Å²) in [5, 5.41) is 6.26. The number of carbonyl (C=O) groups excluding carboxylic acids is 1. The molecule has 1 amide bonds. The Hall–Kier alpha value is -1.58. The molecule has 1 heterocycles. The Morgan fingerprint density at radius 1 is 1.47 bits per heavy atom. The van der Waals surface area contributed by atoms with E-state index in [-0.39, 0.29) is 11.9 Å². The highest BCUT2D eigenvalue weighted by molar-refractivity contribution is 5.94. The van der Waals surface area contributed by atoms with E-state index in [0.717, 1.165) is 18.8 Å². The van der Waals surface area contributed by atoms with Crippen molar-refractivity contribution in [3.63, 3.8) is 0 Å². The molecule has 4 heteroatoms. The summed E-state index contributed by atoms with van der Waals surface area (Å²) in [4.78, 5) is 16.3. The first-order valence-electron chi connectivity index (χ1n) is 7.21.